The third-order valence-electron chi connectivity index (χ3n) is 11.1. The Morgan fingerprint density at radius 1 is 0.364 bits per heavy atom. The minimum absolute atomic E-state index is 0.663. The topological polar surface area (TPSA) is 35.6 Å². The van der Waals surface area contributed by atoms with Crippen molar-refractivity contribution < 1.29 is 0 Å². The van der Waals surface area contributed by atoms with Gasteiger partial charge in [-0.3, -0.25) is 4.57 Å². The average molecular weight is 719 g/mol. The van der Waals surface area contributed by atoms with Crippen LogP contribution in [0.25, 0.3) is 109 Å². The van der Waals surface area contributed by atoms with E-state index in [1.165, 1.54) is 69.6 Å². The summed E-state index contributed by atoms with van der Waals surface area (Å²) < 4.78 is 7.33. The van der Waals surface area contributed by atoms with Gasteiger partial charge in [0.2, 0.25) is 5.95 Å². The Morgan fingerprint density at radius 2 is 0.909 bits per heavy atom. The van der Waals surface area contributed by atoms with Crippen LogP contribution in [0.2, 0.25) is 0 Å². The predicted octanol–water partition coefficient (Wildman–Crippen LogP) is 13.5. The third-order valence-corrected chi connectivity index (χ3v) is 12.4. The fourth-order valence-electron chi connectivity index (χ4n) is 8.80. The molecular formula is C50H30N4S. The Morgan fingerprint density at radius 3 is 1.64 bits per heavy atom. The van der Waals surface area contributed by atoms with Crippen LogP contribution in [-0.2, 0) is 0 Å². The van der Waals surface area contributed by atoms with E-state index >= 15 is 0 Å². The molecule has 8 aromatic carbocycles. The van der Waals surface area contributed by atoms with Gasteiger partial charge in [-0.15, -0.1) is 11.3 Å². The Bertz CT molecular complexity index is 3480. The quantitative estimate of drug-likeness (QED) is 0.182. The van der Waals surface area contributed by atoms with Crippen LogP contribution in [-0.4, -0.2) is 19.1 Å². The van der Waals surface area contributed by atoms with E-state index in [0.29, 0.717) is 5.95 Å². The lowest BCUT2D eigenvalue weighted by Gasteiger charge is -2.12. The molecule has 4 nitrogen and oxygen atoms in total. The maximum absolute atomic E-state index is 5.34. The molecule has 256 valence electrons. The molecule has 4 heterocycles. The lowest BCUT2D eigenvalue weighted by atomic mass is 10.0. The van der Waals surface area contributed by atoms with Crippen molar-refractivity contribution in [2.75, 3.05) is 0 Å². The lowest BCUT2D eigenvalue weighted by molar-refractivity contribution is 1.01. The van der Waals surface area contributed by atoms with E-state index < -0.39 is 0 Å². The molecule has 0 aliphatic heterocycles. The zero-order valence-electron chi connectivity index (χ0n) is 29.5. The van der Waals surface area contributed by atoms with Crippen molar-refractivity contribution in [2.24, 2.45) is 0 Å². The molecule has 4 aromatic heterocycles. The van der Waals surface area contributed by atoms with Crippen molar-refractivity contribution in [3.63, 3.8) is 0 Å². The average Bonchev–Trinajstić information content (AvgIpc) is 3.92. The molecule has 0 bridgehead atoms. The molecule has 0 aliphatic carbocycles. The first kappa shape index (κ1) is 30.4. The standard InChI is InChI=1S/C50H30N4S/c1-3-15-31(16-4-1)33-22-13-23-34-35-24-14-28-44(49(35)55-48(33)34)53-40-26-11-8-20-37(40)45-42(53)29-30-43-46(45)38-21-9-12-27-41(38)54(43)50-51-39-25-10-7-19-36(39)47(52-50)32-17-5-2-6-18-32/h1-30H. The molecule has 12 aromatic rings. The Balaban J connectivity index is 1.17. The molecule has 0 N–H and O–H groups in total. The lowest BCUT2D eigenvalue weighted by Crippen LogP contribution is -2.03. The van der Waals surface area contributed by atoms with Gasteiger partial charge in [0.05, 0.1) is 43.7 Å². The molecule has 0 aliphatic rings. The molecular weight excluding hydrogens is 689 g/mol. The third kappa shape index (κ3) is 4.39. The highest BCUT2D eigenvalue weighted by molar-refractivity contribution is 7.26. The minimum atomic E-state index is 0.663. The number of fused-ring (bicyclic) bond motifs is 11. The van der Waals surface area contributed by atoms with Crippen LogP contribution in [0.4, 0.5) is 0 Å². The van der Waals surface area contributed by atoms with Crippen LogP contribution >= 0.6 is 11.3 Å². The van der Waals surface area contributed by atoms with Gasteiger partial charge in [0.25, 0.3) is 0 Å². The highest BCUT2D eigenvalue weighted by Crippen LogP contribution is 2.46. The van der Waals surface area contributed by atoms with Crippen LogP contribution in [0.15, 0.2) is 182 Å². The van der Waals surface area contributed by atoms with Gasteiger partial charge in [0.15, 0.2) is 0 Å². The molecule has 0 fully saturated rings. The van der Waals surface area contributed by atoms with Gasteiger partial charge < -0.3 is 4.57 Å². The van der Waals surface area contributed by atoms with E-state index in [-0.39, 0.29) is 0 Å². The number of nitrogens with zero attached hydrogens (tertiary/aromatic N) is 4. The van der Waals surface area contributed by atoms with Gasteiger partial charge in [-0.05, 0) is 47.5 Å². The molecule has 55 heavy (non-hydrogen) atoms. The van der Waals surface area contributed by atoms with E-state index in [9.17, 15) is 0 Å². The van der Waals surface area contributed by atoms with Crippen LogP contribution in [0.3, 0.4) is 0 Å². The van der Waals surface area contributed by atoms with Gasteiger partial charge in [-0.1, -0.05) is 146 Å². The van der Waals surface area contributed by atoms with Crippen LogP contribution < -0.4 is 0 Å². The van der Waals surface area contributed by atoms with Gasteiger partial charge >= 0.3 is 0 Å². The molecule has 12 rings (SSSR count). The fraction of sp³-hybridized carbons (Fsp3) is 0. The Kier molecular flexibility index (Phi) is 6.47. The summed E-state index contributed by atoms with van der Waals surface area (Å²) in [5.74, 6) is 0.663. The normalized spacial score (nSPS) is 12.0. The highest BCUT2D eigenvalue weighted by atomic mass is 32.1. The van der Waals surface area contributed by atoms with E-state index in [1.54, 1.807) is 0 Å². The molecule has 0 atom stereocenters. The summed E-state index contributed by atoms with van der Waals surface area (Å²) in [5.41, 5.74) is 11.1. The molecule has 0 spiro atoms. The molecule has 0 amide bonds. The van der Waals surface area contributed by atoms with Gasteiger partial charge in [-0.2, -0.15) is 0 Å². The second-order valence-electron chi connectivity index (χ2n) is 14.1. The summed E-state index contributed by atoms with van der Waals surface area (Å²) in [6.45, 7) is 0. The monoisotopic (exact) mass is 718 g/mol. The first-order chi connectivity index (χ1) is 27.3. The number of para-hydroxylation sites is 3. The highest BCUT2D eigenvalue weighted by Gasteiger charge is 2.23. The first-order valence-corrected chi connectivity index (χ1v) is 19.4. The first-order valence-electron chi connectivity index (χ1n) is 18.6. The van der Waals surface area contributed by atoms with Gasteiger partial charge in [0, 0.05) is 48.0 Å². The Labute approximate surface area is 319 Å². The van der Waals surface area contributed by atoms with E-state index in [1.807, 2.05) is 17.4 Å². The van der Waals surface area contributed by atoms with Crippen molar-refractivity contribution in [1.29, 1.82) is 0 Å². The van der Waals surface area contributed by atoms with Crippen LogP contribution in [0, 0.1) is 0 Å². The van der Waals surface area contributed by atoms with Crippen molar-refractivity contribution >= 4 is 86.0 Å². The van der Waals surface area contributed by atoms with Crippen molar-refractivity contribution in [3.8, 4) is 34.0 Å². The zero-order chi connectivity index (χ0) is 36.0. The summed E-state index contributed by atoms with van der Waals surface area (Å²) in [5, 5.41) is 8.44. The van der Waals surface area contributed by atoms with Crippen molar-refractivity contribution in [1.82, 2.24) is 19.1 Å². The Hall–Kier alpha value is -7.08. The smallest absolute Gasteiger partial charge is 0.235 e. The number of rotatable bonds is 4. The number of hydrogen-bond acceptors (Lipinski definition) is 3. The van der Waals surface area contributed by atoms with Crippen LogP contribution in [0.5, 0.6) is 0 Å². The summed E-state index contributed by atoms with van der Waals surface area (Å²) in [6, 6.07) is 65.1. The molecule has 5 heteroatoms. The van der Waals surface area contributed by atoms with Crippen molar-refractivity contribution in [2.45, 2.75) is 0 Å². The van der Waals surface area contributed by atoms with Crippen LogP contribution in [0.1, 0.15) is 0 Å². The van der Waals surface area contributed by atoms with Gasteiger partial charge in [0.1, 0.15) is 0 Å². The summed E-state index contributed by atoms with van der Waals surface area (Å²) >= 11 is 1.89. The summed E-state index contributed by atoms with van der Waals surface area (Å²) in [6.07, 6.45) is 0. The number of thiophene rings is 1. The zero-order valence-corrected chi connectivity index (χ0v) is 30.3. The van der Waals surface area contributed by atoms with E-state index in [2.05, 4.69) is 185 Å². The molecule has 0 radical (unpaired) electrons. The number of benzene rings is 8. The molecule has 0 saturated heterocycles. The summed E-state index contributed by atoms with van der Waals surface area (Å²) in [4.78, 5) is 10.6. The predicted molar refractivity (Wildman–Crippen MR) is 232 cm³/mol. The molecule has 0 saturated carbocycles. The maximum Gasteiger partial charge on any atom is 0.235 e. The number of hydrogen-bond donors (Lipinski definition) is 0. The van der Waals surface area contributed by atoms with Crippen molar-refractivity contribution in [3.05, 3.63) is 182 Å². The van der Waals surface area contributed by atoms with E-state index in [0.717, 1.165) is 33.2 Å². The number of aromatic nitrogens is 4. The summed E-state index contributed by atoms with van der Waals surface area (Å²) in [7, 11) is 0. The minimum Gasteiger partial charge on any atom is -0.308 e. The maximum atomic E-state index is 5.34. The van der Waals surface area contributed by atoms with Gasteiger partial charge in [-0.25, -0.2) is 9.97 Å². The van der Waals surface area contributed by atoms with E-state index in [4.69, 9.17) is 9.97 Å². The SMILES string of the molecule is c1ccc(-c2nc(-n3c4ccccc4c4c5c6ccccc6n(-c6cccc7c6sc6c(-c8ccccc8)cccc67)c5ccc43)nc3ccccc23)cc1. The fourth-order valence-corrected chi connectivity index (χ4v) is 10.1. The second kappa shape index (κ2) is 11.7. The second-order valence-corrected chi connectivity index (χ2v) is 15.1. The largest absolute Gasteiger partial charge is 0.308 e. The molecule has 0 unspecified atom stereocenters.